The third kappa shape index (κ3) is 5.61. The molecular formula is C18H17ClN2O4. The van der Waals surface area contributed by atoms with Crippen LogP contribution in [-0.2, 0) is 9.59 Å². The van der Waals surface area contributed by atoms with Gasteiger partial charge in [-0.1, -0.05) is 29.8 Å². The van der Waals surface area contributed by atoms with Crippen molar-refractivity contribution >= 4 is 35.4 Å². The average Bonchev–Trinajstić information content (AvgIpc) is 2.59. The van der Waals surface area contributed by atoms with Crippen LogP contribution in [-0.4, -0.2) is 43.2 Å². The molecule has 25 heavy (non-hydrogen) atoms. The number of para-hydroxylation sites is 1. The first-order chi connectivity index (χ1) is 12.0. The molecule has 2 amide bonds. The molecule has 0 aliphatic heterocycles. The van der Waals surface area contributed by atoms with E-state index in [0.29, 0.717) is 28.3 Å². The predicted octanol–water partition coefficient (Wildman–Crippen LogP) is 2.63. The van der Waals surface area contributed by atoms with Crippen LogP contribution in [0.25, 0.3) is 0 Å². The number of amides is 2. The Hall–Kier alpha value is -2.86. The molecule has 1 N–H and O–H groups in total. The van der Waals surface area contributed by atoms with Gasteiger partial charge in [0.15, 0.2) is 12.9 Å². The molecule has 0 unspecified atom stereocenters. The number of carbonyl (C=O) groups excluding carboxylic acids is 3. The SMILES string of the molecule is CN(CC(=O)Nc1cccc(Cl)c1)C(=O)COc1ccccc1C=O. The fourth-order valence-corrected chi connectivity index (χ4v) is 2.22. The summed E-state index contributed by atoms with van der Waals surface area (Å²) in [6.07, 6.45) is 0.655. The summed E-state index contributed by atoms with van der Waals surface area (Å²) in [6.45, 7) is -0.407. The van der Waals surface area contributed by atoms with E-state index in [9.17, 15) is 14.4 Å². The molecule has 2 aromatic carbocycles. The molecule has 0 saturated carbocycles. The first kappa shape index (κ1) is 18.5. The van der Waals surface area contributed by atoms with Gasteiger partial charge in [-0.2, -0.15) is 0 Å². The number of benzene rings is 2. The molecule has 0 spiro atoms. The van der Waals surface area contributed by atoms with Gasteiger partial charge in [0, 0.05) is 17.8 Å². The van der Waals surface area contributed by atoms with Crippen molar-refractivity contribution in [3.8, 4) is 5.75 Å². The van der Waals surface area contributed by atoms with Crippen molar-refractivity contribution < 1.29 is 19.1 Å². The minimum Gasteiger partial charge on any atom is -0.483 e. The molecule has 7 heteroatoms. The summed E-state index contributed by atoms with van der Waals surface area (Å²) in [7, 11) is 1.49. The van der Waals surface area contributed by atoms with Gasteiger partial charge in [0.1, 0.15) is 5.75 Å². The van der Waals surface area contributed by atoms with Crippen LogP contribution in [0.1, 0.15) is 10.4 Å². The van der Waals surface area contributed by atoms with Crippen molar-refractivity contribution in [3.63, 3.8) is 0 Å². The smallest absolute Gasteiger partial charge is 0.260 e. The number of nitrogens with one attached hydrogen (secondary N) is 1. The molecule has 0 aliphatic rings. The Labute approximate surface area is 150 Å². The lowest BCUT2D eigenvalue weighted by atomic mass is 10.2. The summed E-state index contributed by atoms with van der Waals surface area (Å²) in [4.78, 5) is 36.2. The fraction of sp³-hybridized carbons (Fsp3) is 0.167. The minimum absolute atomic E-state index is 0.135. The molecule has 0 aromatic heterocycles. The van der Waals surface area contributed by atoms with Crippen LogP contribution in [0.3, 0.4) is 0 Å². The summed E-state index contributed by atoms with van der Waals surface area (Å²) in [5, 5.41) is 3.16. The van der Waals surface area contributed by atoms with Gasteiger partial charge in [0.2, 0.25) is 5.91 Å². The molecule has 0 saturated heterocycles. The maximum atomic E-state index is 12.1. The Kier molecular flexibility index (Phi) is 6.54. The number of hydrogen-bond acceptors (Lipinski definition) is 4. The Morgan fingerprint density at radius 3 is 2.68 bits per heavy atom. The van der Waals surface area contributed by atoms with Crippen molar-refractivity contribution in [3.05, 3.63) is 59.1 Å². The molecule has 6 nitrogen and oxygen atoms in total. The van der Waals surface area contributed by atoms with Gasteiger partial charge in [-0.25, -0.2) is 0 Å². The number of nitrogens with zero attached hydrogens (tertiary/aromatic N) is 1. The lowest BCUT2D eigenvalue weighted by Crippen LogP contribution is -2.37. The average molecular weight is 361 g/mol. The van der Waals surface area contributed by atoms with E-state index >= 15 is 0 Å². The highest BCUT2D eigenvalue weighted by atomic mass is 35.5. The Morgan fingerprint density at radius 1 is 1.20 bits per heavy atom. The molecule has 0 bridgehead atoms. The lowest BCUT2D eigenvalue weighted by molar-refractivity contribution is -0.135. The van der Waals surface area contributed by atoms with E-state index in [0.717, 1.165) is 0 Å². The highest BCUT2D eigenvalue weighted by Crippen LogP contribution is 2.16. The van der Waals surface area contributed by atoms with E-state index in [-0.39, 0.29) is 25.0 Å². The second-order valence-electron chi connectivity index (χ2n) is 5.25. The van der Waals surface area contributed by atoms with Crippen LogP contribution >= 0.6 is 11.6 Å². The first-order valence-corrected chi connectivity index (χ1v) is 7.84. The summed E-state index contributed by atoms with van der Waals surface area (Å²) in [6, 6.07) is 13.3. The number of ether oxygens (including phenoxy) is 1. The molecule has 0 fully saturated rings. The topological polar surface area (TPSA) is 75.7 Å². The third-order valence-corrected chi connectivity index (χ3v) is 3.55. The minimum atomic E-state index is -0.387. The monoisotopic (exact) mass is 360 g/mol. The fourth-order valence-electron chi connectivity index (χ4n) is 2.03. The van der Waals surface area contributed by atoms with Crippen molar-refractivity contribution in [2.24, 2.45) is 0 Å². The highest BCUT2D eigenvalue weighted by molar-refractivity contribution is 6.30. The van der Waals surface area contributed by atoms with E-state index in [1.807, 2.05) is 0 Å². The number of carbonyl (C=O) groups is 3. The number of rotatable bonds is 7. The molecule has 0 atom stereocenters. The lowest BCUT2D eigenvalue weighted by Gasteiger charge is -2.17. The number of halogens is 1. The van der Waals surface area contributed by atoms with Crippen LogP contribution in [0.2, 0.25) is 5.02 Å². The molecular weight excluding hydrogens is 344 g/mol. The van der Waals surface area contributed by atoms with Gasteiger partial charge in [-0.3, -0.25) is 14.4 Å². The van der Waals surface area contributed by atoms with Crippen molar-refractivity contribution in [1.82, 2.24) is 4.90 Å². The second-order valence-corrected chi connectivity index (χ2v) is 5.69. The van der Waals surface area contributed by atoms with Crippen LogP contribution < -0.4 is 10.1 Å². The second kappa shape index (κ2) is 8.84. The zero-order chi connectivity index (χ0) is 18.2. The van der Waals surface area contributed by atoms with Gasteiger partial charge in [0.05, 0.1) is 12.1 Å². The molecule has 0 radical (unpaired) electrons. The largest absolute Gasteiger partial charge is 0.483 e. The van der Waals surface area contributed by atoms with E-state index in [4.69, 9.17) is 16.3 Å². The van der Waals surface area contributed by atoms with Gasteiger partial charge in [-0.15, -0.1) is 0 Å². The zero-order valence-corrected chi connectivity index (χ0v) is 14.3. The quantitative estimate of drug-likeness (QED) is 0.770. The van der Waals surface area contributed by atoms with Gasteiger partial charge in [-0.05, 0) is 30.3 Å². The van der Waals surface area contributed by atoms with E-state index in [1.165, 1.54) is 11.9 Å². The molecule has 130 valence electrons. The van der Waals surface area contributed by atoms with Crippen molar-refractivity contribution in [2.75, 3.05) is 25.5 Å². The maximum Gasteiger partial charge on any atom is 0.260 e. The summed E-state index contributed by atoms with van der Waals surface area (Å²) in [5.41, 5.74) is 0.908. The van der Waals surface area contributed by atoms with Gasteiger partial charge < -0.3 is 15.0 Å². The Bertz CT molecular complexity index is 779. The normalized spacial score (nSPS) is 10.0. The highest BCUT2D eigenvalue weighted by Gasteiger charge is 2.14. The van der Waals surface area contributed by atoms with Gasteiger partial charge >= 0.3 is 0 Å². The van der Waals surface area contributed by atoms with Crippen molar-refractivity contribution in [2.45, 2.75) is 0 Å². The number of likely N-dealkylation sites (N-methyl/N-ethyl adjacent to an activating group) is 1. The van der Waals surface area contributed by atoms with Gasteiger partial charge in [0.25, 0.3) is 5.91 Å². The summed E-state index contributed by atoms with van der Waals surface area (Å²) >= 11 is 5.85. The Balaban J connectivity index is 1.85. The summed E-state index contributed by atoms with van der Waals surface area (Å²) in [5.74, 6) is -0.420. The zero-order valence-electron chi connectivity index (χ0n) is 13.6. The molecule has 2 aromatic rings. The summed E-state index contributed by atoms with van der Waals surface area (Å²) < 4.78 is 5.35. The third-order valence-electron chi connectivity index (χ3n) is 3.31. The van der Waals surface area contributed by atoms with Crippen LogP contribution in [0.4, 0.5) is 5.69 Å². The predicted molar refractivity (Wildman–Crippen MR) is 95.0 cm³/mol. The molecule has 0 heterocycles. The van der Waals surface area contributed by atoms with Crippen LogP contribution in [0.5, 0.6) is 5.75 Å². The van der Waals surface area contributed by atoms with E-state index in [1.54, 1.807) is 48.5 Å². The maximum absolute atomic E-state index is 12.1. The number of anilines is 1. The standard InChI is InChI=1S/C18H17ClN2O4/c1-21(10-17(23)20-15-7-4-6-14(19)9-15)18(24)12-25-16-8-3-2-5-13(16)11-22/h2-9,11H,10,12H2,1H3,(H,20,23). The van der Waals surface area contributed by atoms with Crippen LogP contribution in [0.15, 0.2) is 48.5 Å². The Morgan fingerprint density at radius 2 is 1.96 bits per heavy atom. The van der Waals surface area contributed by atoms with Crippen LogP contribution in [0, 0.1) is 0 Å². The van der Waals surface area contributed by atoms with Crippen molar-refractivity contribution in [1.29, 1.82) is 0 Å². The first-order valence-electron chi connectivity index (χ1n) is 7.46. The molecule has 2 rings (SSSR count). The van der Waals surface area contributed by atoms with E-state index in [2.05, 4.69) is 5.32 Å². The number of hydrogen-bond donors (Lipinski definition) is 1. The number of aldehydes is 1. The van der Waals surface area contributed by atoms with E-state index < -0.39 is 0 Å². The molecule has 0 aliphatic carbocycles.